The standard InChI is InChI=1S/C29H25F2N5O/c1-16-8-12-21(13-9-16)35-29(37)20-11-10-17(2)22(14-20)26-23-15-32-19(4)36(28(23)34-18(3)33-26)27-24(30)6-5-7-25(27)31/h5-14,32H,4,15H2,1-3H3,(H,35,37). The molecular weight excluding hydrogens is 472 g/mol. The number of carbonyl (C=O) groups is 1. The van der Waals surface area contributed by atoms with Crippen molar-refractivity contribution in [2.75, 3.05) is 10.2 Å². The van der Waals surface area contributed by atoms with E-state index in [2.05, 4.69) is 27.2 Å². The van der Waals surface area contributed by atoms with Crippen molar-refractivity contribution < 1.29 is 13.6 Å². The summed E-state index contributed by atoms with van der Waals surface area (Å²) in [6.07, 6.45) is 0. The van der Waals surface area contributed by atoms with Gasteiger partial charge in [0.1, 0.15) is 34.8 Å². The van der Waals surface area contributed by atoms with Gasteiger partial charge in [0.15, 0.2) is 0 Å². The van der Waals surface area contributed by atoms with Gasteiger partial charge >= 0.3 is 0 Å². The first-order chi connectivity index (χ1) is 17.7. The van der Waals surface area contributed by atoms with Crippen molar-refractivity contribution in [3.8, 4) is 11.3 Å². The van der Waals surface area contributed by atoms with Crippen LogP contribution in [0.4, 0.5) is 26.0 Å². The molecule has 0 fully saturated rings. The fourth-order valence-corrected chi connectivity index (χ4v) is 4.35. The van der Waals surface area contributed by atoms with Gasteiger partial charge in [0, 0.05) is 28.9 Å². The normalized spacial score (nSPS) is 12.7. The Morgan fingerprint density at radius 2 is 1.70 bits per heavy atom. The Morgan fingerprint density at radius 1 is 1.00 bits per heavy atom. The Morgan fingerprint density at radius 3 is 2.41 bits per heavy atom. The fraction of sp³-hybridized carbons (Fsp3) is 0.138. The van der Waals surface area contributed by atoms with Crippen LogP contribution in [0.15, 0.2) is 73.1 Å². The largest absolute Gasteiger partial charge is 0.367 e. The van der Waals surface area contributed by atoms with E-state index in [1.807, 2.05) is 44.2 Å². The molecule has 8 heteroatoms. The van der Waals surface area contributed by atoms with E-state index >= 15 is 0 Å². The van der Waals surface area contributed by atoms with Gasteiger partial charge in [-0.3, -0.25) is 9.69 Å². The Labute approximate surface area is 213 Å². The molecule has 2 heterocycles. The predicted octanol–water partition coefficient (Wildman–Crippen LogP) is 6.31. The summed E-state index contributed by atoms with van der Waals surface area (Å²) in [6, 6.07) is 16.6. The van der Waals surface area contributed by atoms with Crippen molar-refractivity contribution in [2.45, 2.75) is 27.3 Å². The molecule has 1 aliphatic rings. The number of para-hydroxylation sites is 1. The lowest BCUT2D eigenvalue weighted by Crippen LogP contribution is -2.35. The molecule has 2 N–H and O–H groups in total. The van der Waals surface area contributed by atoms with E-state index in [9.17, 15) is 13.6 Å². The van der Waals surface area contributed by atoms with Gasteiger partial charge < -0.3 is 10.6 Å². The van der Waals surface area contributed by atoms with E-state index < -0.39 is 11.6 Å². The van der Waals surface area contributed by atoms with Gasteiger partial charge in [-0.15, -0.1) is 0 Å². The molecular formula is C29H25F2N5O. The first-order valence-electron chi connectivity index (χ1n) is 11.8. The zero-order valence-electron chi connectivity index (χ0n) is 20.7. The predicted molar refractivity (Wildman–Crippen MR) is 141 cm³/mol. The average molecular weight is 498 g/mol. The van der Waals surface area contributed by atoms with Gasteiger partial charge in [-0.1, -0.05) is 36.4 Å². The molecule has 1 aliphatic heterocycles. The minimum Gasteiger partial charge on any atom is -0.367 e. The highest BCUT2D eigenvalue weighted by Crippen LogP contribution is 2.40. The number of amides is 1. The van der Waals surface area contributed by atoms with Crippen LogP contribution in [-0.4, -0.2) is 15.9 Å². The van der Waals surface area contributed by atoms with Crippen LogP contribution in [0.25, 0.3) is 11.3 Å². The molecule has 5 rings (SSSR count). The summed E-state index contributed by atoms with van der Waals surface area (Å²) < 4.78 is 29.6. The molecule has 0 aliphatic carbocycles. The summed E-state index contributed by atoms with van der Waals surface area (Å²) >= 11 is 0. The van der Waals surface area contributed by atoms with Gasteiger partial charge in [-0.05, 0) is 62.7 Å². The Kier molecular flexibility index (Phi) is 6.17. The van der Waals surface area contributed by atoms with Crippen LogP contribution >= 0.6 is 0 Å². The van der Waals surface area contributed by atoms with Crippen molar-refractivity contribution >= 4 is 23.1 Å². The van der Waals surface area contributed by atoms with Gasteiger partial charge in [-0.2, -0.15) is 0 Å². The van der Waals surface area contributed by atoms with Crippen molar-refractivity contribution in [3.05, 3.63) is 113 Å². The number of fused-ring (bicyclic) bond motifs is 1. The number of aromatic nitrogens is 2. The van der Waals surface area contributed by atoms with E-state index in [0.717, 1.165) is 16.7 Å². The fourth-order valence-electron chi connectivity index (χ4n) is 4.35. The molecule has 0 saturated carbocycles. The van der Waals surface area contributed by atoms with E-state index in [0.29, 0.717) is 46.5 Å². The van der Waals surface area contributed by atoms with E-state index in [4.69, 9.17) is 0 Å². The number of rotatable bonds is 4. The average Bonchev–Trinajstić information content (AvgIpc) is 2.86. The molecule has 3 aromatic carbocycles. The minimum atomic E-state index is -0.737. The van der Waals surface area contributed by atoms with Crippen molar-refractivity contribution in [2.24, 2.45) is 0 Å². The molecule has 0 bridgehead atoms. The lowest BCUT2D eigenvalue weighted by molar-refractivity contribution is 0.102. The van der Waals surface area contributed by atoms with E-state index in [-0.39, 0.29) is 11.6 Å². The van der Waals surface area contributed by atoms with Gasteiger partial charge in [0.2, 0.25) is 0 Å². The van der Waals surface area contributed by atoms with Crippen molar-refractivity contribution in [1.29, 1.82) is 0 Å². The minimum absolute atomic E-state index is 0.258. The van der Waals surface area contributed by atoms with E-state index in [1.54, 1.807) is 19.1 Å². The topological polar surface area (TPSA) is 70.1 Å². The van der Waals surface area contributed by atoms with Crippen LogP contribution in [0, 0.1) is 32.4 Å². The lowest BCUT2D eigenvalue weighted by Gasteiger charge is -2.34. The maximum atomic E-state index is 14.8. The molecule has 6 nitrogen and oxygen atoms in total. The molecule has 1 aromatic heterocycles. The Hall–Kier alpha value is -4.59. The maximum Gasteiger partial charge on any atom is 0.255 e. The summed E-state index contributed by atoms with van der Waals surface area (Å²) in [5, 5.41) is 6.02. The highest BCUT2D eigenvalue weighted by atomic mass is 19.1. The van der Waals surface area contributed by atoms with Crippen LogP contribution in [0.5, 0.6) is 0 Å². The summed E-state index contributed by atoms with van der Waals surface area (Å²) in [7, 11) is 0. The third kappa shape index (κ3) is 4.53. The van der Waals surface area contributed by atoms with Gasteiger partial charge in [0.25, 0.3) is 5.91 Å². The number of carbonyl (C=O) groups excluding carboxylic acids is 1. The number of anilines is 3. The number of nitrogens with one attached hydrogen (secondary N) is 2. The zero-order valence-corrected chi connectivity index (χ0v) is 20.7. The number of nitrogens with zero attached hydrogens (tertiary/aromatic N) is 3. The summed E-state index contributed by atoms with van der Waals surface area (Å²) in [6.45, 7) is 9.87. The van der Waals surface area contributed by atoms with Gasteiger partial charge in [-0.25, -0.2) is 18.7 Å². The second-order valence-electron chi connectivity index (χ2n) is 8.98. The summed E-state index contributed by atoms with van der Waals surface area (Å²) in [4.78, 5) is 23.6. The van der Waals surface area contributed by atoms with Crippen LogP contribution in [0.1, 0.15) is 32.9 Å². The molecule has 0 spiro atoms. The third-order valence-corrected chi connectivity index (χ3v) is 6.27. The Balaban J connectivity index is 1.60. The van der Waals surface area contributed by atoms with Crippen molar-refractivity contribution in [1.82, 2.24) is 15.3 Å². The molecule has 0 radical (unpaired) electrons. The zero-order chi connectivity index (χ0) is 26.3. The molecule has 186 valence electrons. The molecule has 4 aromatic rings. The number of halogens is 2. The number of aryl methyl sites for hydroxylation is 3. The van der Waals surface area contributed by atoms with Crippen LogP contribution in [0.3, 0.4) is 0 Å². The summed E-state index contributed by atoms with van der Waals surface area (Å²) in [5.74, 6) is -0.683. The maximum absolute atomic E-state index is 14.8. The quantitative estimate of drug-likeness (QED) is 0.346. The van der Waals surface area contributed by atoms with Gasteiger partial charge in [0.05, 0.1) is 5.69 Å². The number of hydrogen-bond acceptors (Lipinski definition) is 5. The second kappa shape index (κ2) is 9.46. The van der Waals surface area contributed by atoms with Crippen LogP contribution < -0.4 is 15.5 Å². The molecule has 0 saturated heterocycles. The smallest absolute Gasteiger partial charge is 0.255 e. The first-order valence-corrected chi connectivity index (χ1v) is 11.8. The highest BCUT2D eigenvalue weighted by Gasteiger charge is 2.31. The number of benzene rings is 3. The second-order valence-corrected chi connectivity index (χ2v) is 8.98. The third-order valence-electron chi connectivity index (χ3n) is 6.27. The monoisotopic (exact) mass is 497 g/mol. The molecule has 0 unspecified atom stereocenters. The highest BCUT2D eigenvalue weighted by molar-refractivity contribution is 6.05. The number of hydrogen-bond donors (Lipinski definition) is 2. The SMILES string of the molecule is C=C1NCc2c(-c3cc(C(=O)Nc4ccc(C)cc4)ccc3C)nc(C)nc2N1c1c(F)cccc1F. The summed E-state index contributed by atoms with van der Waals surface area (Å²) in [5.41, 5.74) is 4.80. The van der Waals surface area contributed by atoms with Crippen LogP contribution in [0.2, 0.25) is 0 Å². The first kappa shape index (κ1) is 24.1. The molecule has 0 atom stereocenters. The molecule has 37 heavy (non-hydrogen) atoms. The van der Waals surface area contributed by atoms with Crippen LogP contribution in [-0.2, 0) is 6.54 Å². The van der Waals surface area contributed by atoms with E-state index in [1.165, 1.54) is 23.1 Å². The lowest BCUT2D eigenvalue weighted by atomic mass is 9.97. The van der Waals surface area contributed by atoms with Crippen molar-refractivity contribution in [3.63, 3.8) is 0 Å². The Bertz CT molecular complexity index is 1530. The molecule has 1 amide bonds.